The number of fused-ring (bicyclic) bond motifs is 2. The van der Waals surface area contributed by atoms with E-state index >= 15 is 0 Å². The summed E-state index contributed by atoms with van der Waals surface area (Å²) in [6.45, 7) is 3.08. The average molecular weight is 356 g/mol. The van der Waals surface area contributed by atoms with Gasteiger partial charge in [-0.25, -0.2) is 0 Å². The largest absolute Gasteiger partial charge is 0.381 e. The lowest BCUT2D eigenvalue weighted by Crippen LogP contribution is -2.30. The molecule has 1 N–H and O–H groups in total. The predicted molar refractivity (Wildman–Crippen MR) is 111 cm³/mol. The summed E-state index contributed by atoms with van der Waals surface area (Å²) in [7, 11) is 0. The third-order valence-corrected chi connectivity index (χ3v) is 5.20. The lowest BCUT2D eigenvalue weighted by Gasteiger charge is -2.28. The number of carbonyl (C=O) groups excluding carboxylic acids is 1. The number of benzene rings is 3. The summed E-state index contributed by atoms with van der Waals surface area (Å²) in [6.07, 6.45) is 1.92. The van der Waals surface area contributed by atoms with Crippen molar-refractivity contribution in [2.45, 2.75) is 32.9 Å². The summed E-state index contributed by atoms with van der Waals surface area (Å²) in [5, 5.41) is 3.52. The number of anilines is 2. The Morgan fingerprint density at radius 2 is 1.63 bits per heavy atom. The SMILES string of the molecule is CC(=O)N1Cc2ccc(NCc3ccccc3)cc2CCc2ccccc21. The molecule has 0 aromatic heterocycles. The molecule has 1 heterocycles. The van der Waals surface area contributed by atoms with E-state index in [2.05, 4.69) is 66.0 Å². The van der Waals surface area contributed by atoms with Crippen LogP contribution in [0.25, 0.3) is 0 Å². The monoisotopic (exact) mass is 356 g/mol. The minimum atomic E-state index is 0.0848. The summed E-state index contributed by atoms with van der Waals surface area (Å²) in [4.78, 5) is 14.2. The normalized spacial score (nSPS) is 13.1. The van der Waals surface area contributed by atoms with E-state index in [1.165, 1.54) is 22.3 Å². The second-order valence-corrected chi connectivity index (χ2v) is 7.06. The fourth-order valence-corrected chi connectivity index (χ4v) is 3.71. The Morgan fingerprint density at radius 3 is 2.44 bits per heavy atom. The second kappa shape index (κ2) is 7.67. The van der Waals surface area contributed by atoms with Gasteiger partial charge in [0.05, 0.1) is 6.54 Å². The van der Waals surface area contributed by atoms with Crippen molar-refractivity contribution < 1.29 is 4.79 Å². The van der Waals surface area contributed by atoms with Crippen molar-refractivity contribution >= 4 is 17.3 Å². The zero-order chi connectivity index (χ0) is 18.6. The van der Waals surface area contributed by atoms with Crippen LogP contribution in [0.5, 0.6) is 0 Å². The number of amides is 1. The number of hydrogen-bond acceptors (Lipinski definition) is 2. The van der Waals surface area contributed by atoms with Gasteiger partial charge < -0.3 is 10.2 Å². The molecule has 3 aromatic carbocycles. The molecule has 0 radical (unpaired) electrons. The van der Waals surface area contributed by atoms with E-state index in [0.717, 1.165) is 30.8 Å². The van der Waals surface area contributed by atoms with Crippen LogP contribution in [-0.2, 0) is 30.7 Å². The van der Waals surface area contributed by atoms with Crippen molar-refractivity contribution in [1.82, 2.24) is 0 Å². The first kappa shape index (κ1) is 17.3. The maximum atomic E-state index is 12.3. The predicted octanol–water partition coefficient (Wildman–Crippen LogP) is 4.95. The smallest absolute Gasteiger partial charge is 0.224 e. The summed E-state index contributed by atoms with van der Waals surface area (Å²) in [5.41, 5.74) is 7.21. The zero-order valence-electron chi connectivity index (χ0n) is 15.6. The maximum Gasteiger partial charge on any atom is 0.224 e. The van der Waals surface area contributed by atoms with Crippen LogP contribution in [0.4, 0.5) is 11.4 Å². The molecule has 27 heavy (non-hydrogen) atoms. The van der Waals surface area contributed by atoms with Gasteiger partial charge in [0.1, 0.15) is 0 Å². The van der Waals surface area contributed by atoms with Crippen LogP contribution in [0.2, 0.25) is 0 Å². The van der Waals surface area contributed by atoms with E-state index in [1.807, 2.05) is 17.0 Å². The van der Waals surface area contributed by atoms with E-state index in [-0.39, 0.29) is 5.91 Å². The Bertz CT molecular complexity index is 950. The molecule has 3 heteroatoms. The third kappa shape index (κ3) is 3.87. The summed E-state index contributed by atoms with van der Waals surface area (Å²) < 4.78 is 0. The van der Waals surface area contributed by atoms with Crippen molar-refractivity contribution in [3.8, 4) is 0 Å². The standard InChI is InChI=1S/C24H24N2O/c1-18(27)26-17-22-13-14-23(25-16-19-7-3-2-4-8-19)15-21(22)12-11-20-9-5-6-10-24(20)26/h2-10,13-15,25H,11-12,16-17H2,1H3. The van der Waals surface area contributed by atoms with E-state index in [4.69, 9.17) is 0 Å². The van der Waals surface area contributed by atoms with Crippen LogP contribution in [-0.4, -0.2) is 5.91 Å². The fourth-order valence-electron chi connectivity index (χ4n) is 3.71. The van der Waals surface area contributed by atoms with E-state index in [1.54, 1.807) is 6.92 Å². The summed E-state index contributed by atoms with van der Waals surface area (Å²) >= 11 is 0. The van der Waals surface area contributed by atoms with E-state index in [9.17, 15) is 4.79 Å². The van der Waals surface area contributed by atoms with Crippen LogP contribution in [0.15, 0.2) is 72.8 Å². The molecule has 0 saturated carbocycles. The van der Waals surface area contributed by atoms with Gasteiger partial charge in [0.15, 0.2) is 0 Å². The molecule has 3 aromatic rings. The van der Waals surface area contributed by atoms with Crippen LogP contribution in [0, 0.1) is 0 Å². The topological polar surface area (TPSA) is 32.3 Å². The molecular weight excluding hydrogens is 332 g/mol. The first-order chi connectivity index (χ1) is 13.2. The van der Waals surface area contributed by atoms with Gasteiger partial charge in [0.2, 0.25) is 5.91 Å². The second-order valence-electron chi connectivity index (χ2n) is 7.06. The Balaban J connectivity index is 1.59. The van der Waals surface area contributed by atoms with E-state index in [0.29, 0.717) is 6.54 Å². The molecule has 0 aliphatic carbocycles. The Labute approximate surface area is 160 Å². The average Bonchev–Trinajstić information content (AvgIpc) is 2.69. The Hall–Kier alpha value is -3.07. The molecule has 0 atom stereocenters. The van der Waals surface area contributed by atoms with Crippen LogP contribution in [0.1, 0.15) is 29.2 Å². The lowest BCUT2D eigenvalue weighted by atomic mass is 9.95. The van der Waals surface area contributed by atoms with Crippen LogP contribution in [0.3, 0.4) is 0 Å². The summed E-state index contributed by atoms with van der Waals surface area (Å²) in [5.74, 6) is 0.0848. The van der Waals surface area contributed by atoms with Gasteiger partial charge in [-0.3, -0.25) is 4.79 Å². The lowest BCUT2D eigenvalue weighted by molar-refractivity contribution is -0.116. The first-order valence-electron chi connectivity index (χ1n) is 9.46. The number of carbonyl (C=O) groups is 1. The third-order valence-electron chi connectivity index (χ3n) is 5.20. The van der Waals surface area contributed by atoms with Crippen molar-refractivity contribution in [3.63, 3.8) is 0 Å². The van der Waals surface area contributed by atoms with Crippen molar-refractivity contribution in [3.05, 3.63) is 95.1 Å². The minimum absolute atomic E-state index is 0.0848. The molecule has 0 spiro atoms. The number of hydrogen-bond donors (Lipinski definition) is 1. The molecule has 0 unspecified atom stereocenters. The van der Waals surface area contributed by atoms with Gasteiger partial charge in [-0.15, -0.1) is 0 Å². The zero-order valence-corrected chi connectivity index (χ0v) is 15.6. The molecule has 0 saturated heterocycles. The van der Waals surface area contributed by atoms with Crippen LogP contribution >= 0.6 is 0 Å². The molecular formula is C24H24N2O. The first-order valence-corrected chi connectivity index (χ1v) is 9.46. The molecule has 0 bridgehead atoms. The highest BCUT2D eigenvalue weighted by Crippen LogP contribution is 2.29. The highest BCUT2D eigenvalue weighted by molar-refractivity contribution is 5.92. The molecule has 136 valence electrons. The number of nitrogens with zero attached hydrogens (tertiary/aromatic N) is 1. The molecule has 1 amide bonds. The van der Waals surface area contributed by atoms with Crippen LogP contribution < -0.4 is 10.2 Å². The number of rotatable bonds is 3. The van der Waals surface area contributed by atoms with Gasteiger partial charge in [0.25, 0.3) is 0 Å². The molecule has 1 aliphatic heterocycles. The Morgan fingerprint density at radius 1 is 0.889 bits per heavy atom. The summed E-state index contributed by atoms with van der Waals surface area (Å²) in [6, 6.07) is 25.2. The molecule has 3 nitrogen and oxygen atoms in total. The molecule has 4 rings (SSSR count). The fraction of sp³-hybridized carbons (Fsp3) is 0.208. The van der Waals surface area contributed by atoms with Gasteiger partial charge in [-0.2, -0.15) is 0 Å². The molecule has 0 fully saturated rings. The highest BCUT2D eigenvalue weighted by Gasteiger charge is 2.20. The van der Waals surface area contributed by atoms with Gasteiger partial charge in [-0.05, 0) is 53.3 Å². The highest BCUT2D eigenvalue weighted by atomic mass is 16.2. The quantitative estimate of drug-likeness (QED) is 0.720. The van der Waals surface area contributed by atoms with Gasteiger partial charge in [0, 0.05) is 24.8 Å². The number of aryl methyl sites for hydroxylation is 2. The Kier molecular flexibility index (Phi) is 4.93. The van der Waals surface area contributed by atoms with Gasteiger partial charge in [-0.1, -0.05) is 54.6 Å². The van der Waals surface area contributed by atoms with Crippen molar-refractivity contribution in [2.75, 3.05) is 10.2 Å². The van der Waals surface area contributed by atoms with Gasteiger partial charge >= 0.3 is 0 Å². The van der Waals surface area contributed by atoms with Crippen molar-refractivity contribution in [2.24, 2.45) is 0 Å². The minimum Gasteiger partial charge on any atom is -0.381 e. The molecule has 1 aliphatic rings. The number of nitrogens with one attached hydrogen (secondary N) is 1. The van der Waals surface area contributed by atoms with Crippen molar-refractivity contribution in [1.29, 1.82) is 0 Å². The van der Waals surface area contributed by atoms with E-state index < -0.39 is 0 Å². The maximum absolute atomic E-state index is 12.3. The number of para-hydroxylation sites is 1.